The van der Waals surface area contributed by atoms with Gasteiger partial charge in [-0.25, -0.2) is 14.4 Å². The van der Waals surface area contributed by atoms with Gasteiger partial charge in [-0.05, 0) is 6.42 Å². The Balaban J connectivity index is 2.71. The summed E-state index contributed by atoms with van der Waals surface area (Å²) in [7, 11) is 0. The molecule has 1 aromatic rings. The summed E-state index contributed by atoms with van der Waals surface area (Å²) in [6, 6.07) is 0. The Morgan fingerprint density at radius 3 is 2.50 bits per heavy atom. The summed E-state index contributed by atoms with van der Waals surface area (Å²) in [4.78, 5) is 9.89. The van der Waals surface area contributed by atoms with E-state index < -0.39 is 5.82 Å². The lowest BCUT2D eigenvalue weighted by Gasteiger charge is -2.20. The highest BCUT2D eigenvalue weighted by molar-refractivity contribution is 9.09. The number of hydrogen-bond donors (Lipinski definition) is 0. The highest BCUT2D eigenvalue weighted by Gasteiger charge is 2.07. The molecule has 0 unspecified atom stereocenters. The Bertz CT molecular complexity index is 259. The Morgan fingerprint density at radius 1 is 1.36 bits per heavy atom. The first kappa shape index (κ1) is 11.4. The van der Waals surface area contributed by atoms with Crippen molar-refractivity contribution in [1.29, 1.82) is 0 Å². The first-order valence-electron chi connectivity index (χ1n) is 4.56. The average molecular weight is 262 g/mol. The van der Waals surface area contributed by atoms with Crippen molar-refractivity contribution in [3.05, 3.63) is 18.2 Å². The summed E-state index contributed by atoms with van der Waals surface area (Å²) in [5, 5.41) is 0.855. The lowest BCUT2D eigenvalue weighted by Crippen LogP contribution is -2.28. The third-order valence-electron chi connectivity index (χ3n) is 1.74. The van der Waals surface area contributed by atoms with Crippen LogP contribution in [0, 0.1) is 5.82 Å². The van der Waals surface area contributed by atoms with Gasteiger partial charge in [0.2, 0.25) is 5.95 Å². The van der Waals surface area contributed by atoms with Crippen LogP contribution in [0.25, 0.3) is 0 Å². The lowest BCUT2D eigenvalue weighted by atomic mass is 10.4. The summed E-state index contributed by atoms with van der Waals surface area (Å²) >= 11 is 3.36. The Morgan fingerprint density at radius 2 is 2.00 bits per heavy atom. The van der Waals surface area contributed by atoms with Crippen LogP contribution in [-0.4, -0.2) is 28.4 Å². The summed E-state index contributed by atoms with van der Waals surface area (Å²) in [5.41, 5.74) is 0. The van der Waals surface area contributed by atoms with Crippen molar-refractivity contribution >= 4 is 21.9 Å². The maximum atomic E-state index is 12.6. The van der Waals surface area contributed by atoms with Crippen LogP contribution in [0.5, 0.6) is 0 Å². The van der Waals surface area contributed by atoms with Crippen LogP contribution in [-0.2, 0) is 0 Å². The van der Waals surface area contributed by atoms with Crippen molar-refractivity contribution in [2.24, 2.45) is 0 Å². The van der Waals surface area contributed by atoms with Crippen molar-refractivity contribution < 1.29 is 4.39 Å². The summed E-state index contributed by atoms with van der Waals surface area (Å²) in [6.45, 7) is 3.81. The number of alkyl halides is 1. The van der Waals surface area contributed by atoms with Crippen LogP contribution in [0.15, 0.2) is 12.4 Å². The number of halogens is 2. The van der Waals surface area contributed by atoms with E-state index in [4.69, 9.17) is 0 Å². The molecule has 0 bridgehead atoms. The van der Waals surface area contributed by atoms with Gasteiger partial charge < -0.3 is 4.90 Å². The van der Waals surface area contributed by atoms with Gasteiger partial charge in [-0.15, -0.1) is 0 Å². The van der Waals surface area contributed by atoms with Gasteiger partial charge in [0.25, 0.3) is 0 Å². The zero-order valence-electron chi connectivity index (χ0n) is 8.08. The molecule has 0 amide bonds. The van der Waals surface area contributed by atoms with Crippen molar-refractivity contribution in [3.8, 4) is 0 Å². The van der Waals surface area contributed by atoms with Gasteiger partial charge in [0.05, 0.1) is 12.4 Å². The van der Waals surface area contributed by atoms with Crippen LogP contribution in [0.1, 0.15) is 13.3 Å². The van der Waals surface area contributed by atoms with Crippen LogP contribution >= 0.6 is 15.9 Å². The molecule has 0 fully saturated rings. The van der Waals surface area contributed by atoms with Crippen LogP contribution in [0.4, 0.5) is 10.3 Å². The second-order valence-corrected chi connectivity index (χ2v) is 3.67. The van der Waals surface area contributed by atoms with Crippen LogP contribution in [0.3, 0.4) is 0 Å². The molecule has 5 heteroatoms. The molecule has 0 N–H and O–H groups in total. The zero-order valence-corrected chi connectivity index (χ0v) is 9.67. The minimum absolute atomic E-state index is 0.399. The average Bonchev–Trinajstić information content (AvgIpc) is 2.19. The standard InChI is InChI=1S/C9H13BrFN3/c1-2-4-14(5-3-10)9-12-6-8(11)7-13-9/h6-7H,2-5H2,1H3. The van der Waals surface area contributed by atoms with Crippen LogP contribution in [0.2, 0.25) is 0 Å². The molecule has 14 heavy (non-hydrogen) atoms. The fourth-order valence-electron chi connectivity index (χ4n) is 1.15. The number of anilines is 1. The fraction of sp³-hybridized carbons (Fsp3) is 0.556. The minimum Gasteiger partial charge on any atom is -0.340 e. The number of rotatable bonds is 5. The van der Waals surface area contributed by atoms with Gasteiger partial charge in [0.1, 0.15) is 0 Å². The SMILES string of the molecule is CCCN(CCBr)c1ncc(F)cn1. The molecule has 0 radical (unpaired) electrons. The highest BCUT2D eigenvalue weighted by Crippen LogP contribution is 2.07. The number of hydrogen-bond acceptors (Lipinski definition) is 3. The van der Waals surface area contributed by atoms with Crippen molar-refractivity contribution in [3.63, 3.8) is 0 Å². The third-order valence-corrected chi connectivity index (χ3v) is 2.09. The van der Waals surface area contributed by atoms with E-state index in [2.05, 4.69) is 32.8 Å². The van der Waals surface area contributed by atoms with E-state index in [1.165, 1.54) is 12.4 Å². The molecule has 0 aliphatic carbocycles. The molecule has 1 heterocycles. The van der Waals surface area contributed by atoms with Crippen molar-refractivity contribution in [2.75, 3.05) is 23.3 Å². The molecule has 3 nitrogen and oxygen atoms in total. The molecule has 0 saturated carbocycles. The van der Waals surface area contributed by atoms with Gasteiger partial charge in [0, 0.05) is 18.4 Å². The lowest BCUT2D eigenvalue weighted by molar-refractivity contribution is 0.611. The normalized spacial score (nSPS) is 10.2. The summed E-state index contributed by atoms with van der Waals surface area (Å²) in [5.74, 6) is 0.191. The van der Waals surface area contributed by atoms with Crippen molar-refractivity contribution in [2.45, 2.75) is 13.3 Å². The fourth-order valence-corrected chi connectivity index (χ4v) is 1.58. The molecule has 0 aliphatic heterocycles. The van der Waals surface area contributed by atoms with Crippen LogP contribution < -0.4 is 4.90 Å². The maximum Gasteiger partial charge on any atom is 0.225 e. The van der Waals surface area contributed by atoms with Gasteiger partial charge in [-0.1, -0.05) is 22.9 Å². The largest absolute Gasteiger partial charge is 0.340 e. The van der Waals surface area contributed by atoms with Gasteiger partial charge in [-0.2, -0.15) is 0 Å². The minimum atomic E-state index is -0.399. The predicted molar refractivity (Wildman–Crippen MR) is 58.3 cm³/mol. The molecule has 78 valence electrons. The van der Waals surface area contributed by atoms with E-state index in [9.17, 15) is 4.39 Å². The monoisotopic (exact) mass is 261 g/mol. The Labute approximate surface area is 91.5 Å². The smallest absolute Gasteiger partial charge is 0.225 e. The zero-order chi connectivity index (χ0) is 10.4. The highest BCUT2D eigenvalue weighted by atomic mass is 79.9. The quantitative estimate of drug-likeness (QED) is 0.762. The summed E-state index contributed by atoms with van der Waals surface area (Å²) < 4.78 is 12.6. The maximum absolute atomic E-state index is 12.6. The molecule has 1 rings (SSSR count). The van der Waals surface area contributed by atoms with E-state index in [1.54, 1.807) is 0 Å². The van der Waals surface area contributed by atoms with E-state index in [0.717, 1.165) is 24.8 Å². The predicted octanol–water partition coefficient (Wildman–Crippen LogP) is 2.23. The number of aromatic nitrogens is 2. The van der Waals surface area contributed by atoms with Gasteiger partial charge in [0.15, 0.2) is 5.82 Å². The van der Waals surface area contributed by atoms with E-state index in [-0.39, 0.29) is 0 Å². The first-order valence-corrected chi connectivity index (χ1v) is 5.68. The van der Waals surface area contributed by atoms with Gasteiger partial charge >= 0.3 is 0 Å². The molecular formula is C9H13BrFN3. The number of nitrogens with zero attached hydrogens (tertiary/aromatic N) is 3. The molecule has 0 atom stereocenters. The van der Waals surface area contributed by atoms with Gasteiger partial charge in [-0.3, -0.25) is 0 Å². The van der Waals surface area contributed by atoms with E-state index >= 15 is 0 Å². The van der Waals surface area contributed by atoms with E-state index in [1.807, 2.05) is 4.90 Å². The Kier molecular flexibility index (Phi) is 4.79. The molecular weight excluding hydrogens is 249 g/mol. The molecule has 0 aliphatic rings. The molecule has 0 spiro atoms. The Hall–Kier alpha value is -0.710. The molecule has 0 saturated heterocycles. The first-order chi connectivity index (χ1) is 6.77. The topological polar surface area (TPSA) is 29.0 Å². The summed E-state index contributed by atoms with van der Waals surface area (Å²) in [6.07, 6.45) is 3.41. The van der Waals surface area contributed by atoms with Crippen molar-refractivity contribution in [1.82, 2.24) is 9.97 Å². The molecule has 1 aromatic heterocycles. The third kappa shape index (κ3) is 3.21. The second-order valence-electron chi connectivity index (χ2n) is 2.88. The molecule has 0 aromatic carbocycles. The second kappa shape index (κ2) is 5.90. The van der Waals surface area contributed by atoms with E-state index in [0.29, 0.717) is 5.95 Å².